The maximum absolute atomic E-state index is 12.9. The molecule has 0 bridgehead atoms. The van der Waals surface area contributed by atoms with Gasteiger partial charge in [0.2, 0.25) is 5.88 Å². The molecule has 2 aromatic rings. The second-order valence-corrected chi connectivity index (χ2v) is 3.66. The van der Waals surface area contributed by atoms with E-state index in [0.29, 0.717) is 17.4 Å². The molecule has 2 rings (SSSR count). The van der Waals surface area contributed by atoms with Crippen LogP contribution in [-0.2, 0) is 0 Å². The van der Waals surface area contributed by atoms with Gasteiger partial charge in [-0.15, -0.1) is 0 Å². The van der Waals surface area contributed by atoms with Crippen LogP contribution in [0.15, 0.2) is 30.6 Å². The normalized spacial score (nSPS) is 10.2. The molecule has 0 amide bonds. The van der Waals surface area contributed by atoms with Crippen molar-refractivity contribution in [1.82, 2.24) is 9.97 Å². The van der Waals surface area contributed by atoms with Crippen molar-refractivity contribution in [3.63, 3.8) is 0 Å². The summed E-state index contributed by atoms with van der Waals surface area (Å²) >= 11 is 0. The van der Waals surface area contributed by atoms with E-state index in [1.54, 1.807) is 24.1 Å². The Bertz CT molecular complexity index is 544. The molecule has 0 aliphatic carbocycles. The third-order valence-corrected chi connectivity index (χ3v) is 2.55. The van der Waals surface area contributed by atoms with Gasteiger partial charge in [-0.25, -0.2) is 9.37 Å². The number of benzene rings is 1. The van der Waals surface area contributed by atoms with Crippen molar-refractivity contribution in [1.29, 1.82) is 0 Å². The van der Waals surface area contributed by atoms with Gasteiger partial charge in [-0.3, -0.25) is 0 Å². The van der Waals surface area contributed by atoms with Crippen LogP contribution in [0.4, 0.5) is 21.6 Å². The number of aromatic nitrogens is 2. The first-order valence-electron chi connectivity index (χ1n) is 5.27. The molecule has 0 saturated carbocycles. The zero-order valence-electron chi connectivity index (χ0n) is 10.1. The van der Waals surface area contributed by atoms with Crippen LogP contribution >= 0.6 is 0 Å². The molecule has 1 heterocycles. The van der Waals surface area contributed by atoms with Crippen molar-refractivity contribution in [2.75, 3.05) is 24.8 Å². The topological polar surface area (TPSA) is 64.3 Å². The van der Waals surface area contributed by atoms with Crippen molar-refractivity contribution in [2.24, 2.45) is 0 Å². The van der Waals surface area contributed by atoms with E-state index in [2.05, 4.69) is 9.97 Å². The Labute approximate surface area is 104 Å². The van der Waals surface area contributed by atoms with Crippen LogP contribution in [0.1, 0.15) is 0 Å². The van der Waals surface area contributed by atoms with Gasteiger partial charge in [0.05, 0.1) is 7.11 Å². The molecule has 1 aromatic carbocycles. The average Bonchev–Trinajstić information content (AvgIpc) is 2.39. The van der Waals surface area contributed by atoms with Crippen molar-refractivity contribution in [3.05, 3.63) is 36.4 Å². The predicted molar refractivity (Wildman–Crippen MR) is 67.5 cm³/mol. The number of methoxy groups -OCH3 is 1. The van der Waals surface area contributed by atoms with E-state index in [1.807, 2.05) is 0 Å². The largest absolute Gasteiger partial charge is 0.479 e. The smallest absolute Gasteiger partial charge is 0.242 e. The molecule has 0 spiro atoms. The quantitative estimate of drug-likeness (QED) is 0.899. The minimum Gasteiger partial charge on any atom is -0.479 e. The molecule has 0 aliphatic rings. The first-order chi connectivity index (χ1) is 8.63. The van der Waals surface area contributed by atoms with Crippen molar-refractivity contribution >= 4 is 17.2 Å². The number of nitrogen functional groups attached to an aromatic ring is 1. The molecular weight excluding hydrogens is 235 g/mol. The van der Waals surface area contributed by atoms with E-state index < -0.39 is 0 Å². The first-order valence-corrected chi connectivity index (χ1v) is 5.27. The molecule has 0 aliphatic heterocycles. The Kier molecular flexibility index (Phi) is 3.27. The minimum absolute atomic E-state index is 0.291. The summed E-state index contributed by atoms with van der Waals surface area (Å²) in [6, 6.07) is 6.04. The third-order valence-electron chi connectivity index (χ3n) is 2.55. The summed E-state index contributed by atoms with van der Waals surface area (Å²) in [7, 11) is 3.27. The average molecular weight is 248 g/mol. The van der Waals surface area contributed by atoms with Gasteiger partial charge in [-0.2, -0.15) is 4.98 Å². The van der Waals surface area contributed by atoms with Gasteiger partial charge >= 0.3 is 0 Å². The Morgan fingerprint density at radius 2 is 1.89 bits per heavy atom. The lowest BCUT2D eigenvalue weighted by Gasteiger charge is -2.20. The summed E-state index contributed by atoms with van der Waals surface area (Å²) in [5.41, 5.74) is 7.00. The number of anilines is 3. The molecule has 0 fully saturated rings. The van der Waals surface area contributed by atoms with Crippen LogP contribution < -0.4 is 15.4 Å². The first kappa shape index (κ1) is 12.1. The van der Waals surface area contributed by atoms with Crippen molar-refractivity contribution in [2.45, 2.75) is 0 Å². The number of rotatable bonds is 3. The number of hydrogen-bond acceptors (Lipinski definition) is 5. The fraction of sp³-hybridized carbons (Fsp3) is 0.167. The second kappa shape index (κ2) is 4.87. The summed E-state index contributed by atoms with van der Waals surface area (Å²) in [5, 5.41) is 0. The van der Waals surface area contributed by atoms with E-state index in [-0.39, 0.29) is 5.82 Å². The SMILES string of the molecule is COc1ncnc(N(C)c2ccc(F)cc2)c1N. The van der Waals surface area contributed by atoms with Gasteiger partial charge in [0.25, 0.3) is 0 Å². The van der Waals surface area contributed by atoms with Crippen LogP contribution in [0.25, 0.3) is 0 Å². The number of halogens is 1. The molecule has 1 aromatic heterocycles. The third kappa shape index (κ3) is 2.17. The number of ether oxygens (including phenoxy) is 1. The zero-order chi connectivity index (χ0) is 13.1. The summed E-state index contributed by atoms with van der Waals surface area (Å²) in [6.07, 6.45) is 1.37. The van der Waals surface area contributed by atoms with Crippen LogP contribution in [0, 0.1) is 5.82 Å². The molecular formula is C12H13FN4O. The van der Waals surface area contributed by atoms with E-state index in [0.717, 1.165) is 5.69 Å². The fourth-order valence-corrected chi connectivity index (χ4v) is 1.59. The maximum Gasteiger partial charge on any atom is 0.242 e. The van der Waals surface area contributed by atoms with Crippen LogP contribution in [0.2, 0.25) is 0 Å². The highest BCUT2D eigenvalue weighted by Gasteiger charge is 2.13. The highest BCUT2D eigenvalue weighted by Crippen LogP contribution is 2.31. The standard InChI is InChI=1S/C12H13FN4O/c1-17(9-5-3-8(13)4-6-9)11-10(14)12(18-2)16-7-15-11/h3-7H,14H2,1-2H3. The summed E-state index contributed by atoms with van der Waals surface area (Å²) in [5.74, 6) is 0.530. The van der Waals surface area contributed by atoms with Crippen molar-refractivity contribution in [3.8, 4) is 5.88 Å². The lowest BCUT2D eigenvalue weighted by atomic mass is 10.3. The second-order valence-electron chi connectivity index (χ2n) is 3.66. The highest BCUT2D eigenvalue weighted by molar-refractivity contribution is 5.73. The van der Waals surface area contributed by atoms with Crippen LogP contribution in [0.5, 0.6) is 5.88 Å². The lowest BCUT2D eigenvalue weighted by Crippen LogP contribution is -2.14. The molecule has 0 radical (unpaired) electrons. The summed E-state index contributed by atoms with van der Waals surface area (Å²) < 4.78 is 17.9. The molecule has 6 heteroatoms. The number of nitrogens with two attached hydrogens (primary N) is 1. The molecule has 18 heavy (non-hydrogen) atoms. The van der Waals surface area contributed by atoms with Gasteiger partial charge in [0.1, 0.15) is 17.8 Å². The Hall–Kier alpha value is -2.37. The lowest BCUT2D eigenvalue weighted by molar-refractivity contribution is 0.399. The molecule has 0 unspecified atom stereocenters. The van der Waals surface area contributed by atoms with Crippen LogP contribution in [-0.4, -0.2) is 24.1 Å². The highest BCUT2D eigenvalue weighted by atomic mass is 19.1. The zero-order valence-corrected chi connectivity index (χ0v) is 10.1. The Morgan fingerprint density at radius 1 is 1.22 bits per heavy atom. The summed E-state index contributed by atoms with van der Waals surface area (Å²) in [6.45, 7) is 0. The van der Waals surface area contributed by atoms with Gasteiger partial charge in [0, 0.05) is 12.7 Å². The number of nitrogens with zero attached hydrogens (tertiary/aromatic N) is 3. The fourth-order valence-electron chi connectivity index (χ4n) is 1.59. The summed E-state index contributed by atoms with van der Waals surface area (Å²) in [4.78, 5) is 9.74. The molecule has 0 atom stereocenters. The number of hydrogen-bond donors (Lipinski definition) is 1. The molecule has 2 N–H and O–H groups in total. The Morgan fingerprint density at radius 3 is 2.50 bits per heavy atom. The van der Waals surface area contributed by atoms with Crippen LogP contribution in [0.3, 0.4) is 0 Å². The van der Waals surface area contributed by atoms with Crippen molar-refractivity contribution < 1.29 is 9.13 Å². The minimum atomic E-state index is -0.291. The van der Waals surface area contributed by atoms with E-state index in [4.69, 9.17) is 10.5 Å². The van der Waals surface area contributed by atoms with Gasteiger partial charge in [-0.1, -0.05) is 0 Å². The Balaban J connectivity index is 2.39. The van der Waals surface area contributed by atoms with Gasteiger partial charge < -0.3 is 15.4 Å². The van der Waals surface area contributed by atoms with E-state index in [9.17, 15) is 4.39 Å². The molecule has 94 valence electrons. The predicted octanol–water partition coefficient (Wildman–Crippen LogP) is 1.97. The van der Waals surface area contributed by atoms with Gasteiger partial charge in [-0.05, 0) is 24.3 Å². The monoisotopic (exact) mass is 248 g/mol. The molecule has 0 saturated heterocycles. The van der Waals surface area contributed by atoms with E-state index >= 15 is 0 Å². The van der Waals surface area contributed by atoms with E-state index in [1.165, 1.54) is 25.6 Å². The molecule has 5 nitrogen and oxygen atoms in total. The maximum atomic E-state index is 12.9. The van der Waals surface area contributed by atoms with Gasteiger partial charge in [0.15, 0.2) is 5.82 Å².